The Morgan fingerprint density at radius 1 is 1.00 bits per heavy atom. The first kappa shape index (κ1) is 9.71. The van der Waals surface area contributed by atoms with Gasteiger partial charge >= 0.3 is 0 Å². The van der Waals surface area contributed by atoms with Crippen LogP contribution in [-0.2, 0) is 0 Å². The molecule has 0 spiro atoms. The zero-order chi connectivity index (χ0) is 12.1. The summed E-state index contributed by atoms with van der Waals surface area (Å²) in [6, 6.07) is 11.6. The Morgan fingerprint density at radius 2 is 1.89 bits per heavy atom. The Bertz CT molecular complexity index is 783. The summed E-state index contributed by atoms with van der Waals surface area (Å²) in [5.74, 6) is 0.795. The van der Waals surface area contributed by atoms with E-state index in [1.54, 1.807) is 6.07 Å². The number of hydrogen-bond donors (Lipinski definition) is 0. The van der Waals surface area contributed by atoms with E-state index in [9.17, 15) is 4.79 Å². The van der Waals surface area contributed by atoms with Crippen molar-refractivity contribution in [2.45, 2.75) is 6.42 Å². The average molecular weight is 238 g/mol. The number of carbonyl (C=O) groups excluding carboxylic acids is 1. The topological polar surface area (TPSA) is 39.4 Å². The van der Waals surface area contributed by atoms with Gasteiger partial charge in [-0.3, -0.25) is 4.79 Å². The van der Waals surface area contributed by atoms with Gasteiger partial charge in [0.2, 0.25) is 0 Å². The monoisotopic (exact) mass is 238 g/mol. The molecule has 1 aliphatic heterocycles. The number of Topliss-reactive ketones (excluding diaryl/α,β-unsaturated/α-hetero) is 1. The van der Waals surface area contributed by atoms with E-state index in [-0.39, 0.29) is 5.78 Å². The third-order valence-corrected chi connectivity index (χ3v) is 3.37. The maximum atomic E-state index is 11.8. The third-order valence-electron chi connectivity index (χ3n) is 3.37. The molecule has 0 aliphatic carbocycles. The van der Waals surface area contributed by atoms with Gasteiger partial charge in [-0.15, -0.1) is 0 Å². The molecule has 3 aromatic rings. The lowest BCUT2D eigenvalue weighted by Gasteiger charge is -2.15. The first-order chi connectivity index (χ1) is 8.83. The molecule has 1 aliphatic rings. The van der Waals surface area contributed by atoms with Crippen molar-refractivity contribution in [2.24, 2.45) is 0 Å². The van der Waals surface area contributed by atoms with E-state index in [4.69, 9.17) is 9.15 Å². The third kappa shape index (κ3) is 1.21. The summed E-state index contributed by atoms with van der Waals surface area (Å²) in [4.78, 5) is 11.8. The molecule has 2 heterocycles. The fourth-order valence-electron chi connectivity index (χ4n) is 2.48. The average Bonchev–Trinajstić information content (AvgIpc) is 2.75. The summed E-state index contributed by atoms with van der Waals surface area (Å²) in [7, 11) is 0. The first-order valence-corrected chi connectivity index (χ1v) is 5.94. The molecule has 0 saturated heterocycles. The number of hydrogen-bond acceptors (Lipinski definition) is 3. The van der Waals surface area contributed by atoms with Crippen LogP contribution in [0.25, 0.3) is 21.9 Å². The summed E-state index contributed by atoms with van der Waals surface area (Å²) < 4.78 is 11.3. The lowest BCUT2D eigenvalue weighted by atomic mass is 10.0. The number of benzene rings is 2. The SMILES string of the molecule is O=C1CCOc2cc3c(cc21)oc1ccccc13. The van der Waals surface area contributed by atoms with Crippen LogP contribution < -0.4 is 4.74 Å². The summed E-state index contributed by atoms with van der Waals surface area (Å²) in [5.41, 5.74) is 2.21. The Hall–Kier alpha value is -2.29. The van der Waals surface area contributed by atoms with Gasteiger partial charge in [0.25, 0.3) is 0 Å². The molecular formula is C15H10O3. The molecule has 1 aromatic heterocycles. The molecule has 3 heteroatoms. The number of fused-ring (bicyclic) bond motifs is 4. The smallest absolute Gasteiger partial charge is 0.170 e. The summed E-state index contributed by atoms with van der Waals surface area (Å²) in [6.07, 6.45) is 0.443. The van der Waals surface area contributed by atoms with Gasteiger partial charge in [-0.1, -0.05) is 18.2 Å². The largest absolute Gasteiger partial charge is 0.492 e. The number of ether oxygens (including phenoxy) is 1. The van der Waals surface area contributed by atoms with Crippen molar-refractivity contribution in [3.8, 4) is 5.75 Å². The van der Waals surface area contributed by atoms with Crippen LogP contribution in [0.4, 0.5) is 0 Å². The minimum Gasteiger partial charge on any atom is -0.492 e. The molecule has 0 atom stereocenters. The highest BCUT2D eigenvalue weighted by atomic mass is 16.5. The maximum absolute atomic E-state index is 11.8. The zero-order valence-corrected chi connectivity index (χ0v) is 9.60. The highest BCUT2D eigenvalue weighted by molar-refractivity contribution is 6.09. The highest BCUT2D eigenvalue weighted by Crippen LogP contribution is 2.35. The molecular weight excluding hydrogens is 228 g/mol. The second-order valence-electron chi connectivity index (χ2n) is 4.46. The zero-order valence-electron chi connectivity index (χ0n) is 9.60. The maximum Gasteiger partial charge on any atom is 0.170 e. The van der Waals surface area contributed by atoms with E-state index in [0.717, 1.165) is 21.9 Å². The summed E-state index contributed by atoms with van der Waals surface area (Å²) in [6.45, 7) is 0.465. The minimum absolute atomic E-state index is 0.124. The molecule has 0 unspecified atom stereocenters. The molecule has 0 saturated carbocycles. The van der Waals surface area contributed by atoms with Crippen molar-refractivity contribution in [3.63, 3.8) is 0 Å². The Balaban J connectivity index is 2.13. The van der Waals surface area contributed by atoms with Crippen LogP contribution in [-0.4, -0.2) is 12.4 Å². The normalized spacial score (nSPS) is 14.8. The molecule has 88 valence electrons. The van der Waals surface area contributed by atoms with Crippen molar-refractivity contribution < 1.29 is 13.9 Å². The Kier molecular flexibility index (Phi) is 1.81. The van der Waals surface area contributed by atoms with Gasteiger partial charge in [-0.25, -0.2) is 0 Å². The van der Waals surface area contributed by atoms with Gasteiger partial charge in [-0.2, -0.15) is 0 Å². The quantitative estimate of drug-likeness (QED) is 0.601. The van der Waals surface area contributed by atoms with Crippen molar-refractivity contribution in [1.82, 2.24) is 0 Å². The fraction of sp³-hybridized carbons (Fsp3) is 0.133. The van der Waals surface area contributed by atoms with Crippen LogP contribution in [0.5, 0.6) is 5.75 Å². The van der Waals surface area contributed by atoms with Gasteiger partial charge in [0.1, 0.15) is 16.9 Å². The predicted molar refractivity (Wildman–Crippen MR) is 68.2 cm³/mol. The van der Waals surface area contributed by atoms with Crippen molar-refractivity contribution in [3.05, 3.63) is 42.0 Å². The van der Waals surface area contributed by atoms with E-state index in [1.807, 2.05) is 30.3 Å². The van der Waals surface area contributed by atoms with Crippen LogP contribution in [0, 0.1) is 0 Å². The molecule has 0 N–H and O–H groups in total. The molecule has 4 rings (SSSR count). The van der Waals surface area contributed by atoms with Crippen LogP contribution in [0.3, 0.4) is 0 Å². The molecule has 0 amide bonds. The van der Waals surface area contributed by atoms with Gasteiger partial charge in [0.05, 0.1) is 12.2 Å². The van der Waals surface area contributed by atoms with Crippen molar-refractivity contribution in [2.75, 3.05) is 6.61 Å². The number of furan rings is 1. The summed E-state index contributed by atoms with van der Waals surface area (Å²) >= 11 is 0. The Labute approximate surface area is 103 Å². The lowest BCUT2D eigenvalue weighted by Crippen LogP contribution is -2.14. The van der Waals surface area contributed by atoms with Gasteiger partial charge < -0.3 is 9.15 Å². The van der Waals surface area contributed by atoms with Gasteiger partial charge in [-0.05, 0) is 18.2 Å². The lowest BCUT2D eigenvalue weighted by molar-refractivity contribution is 0.0933. The van der Waals surface area contributed by atoms with Crippen LogP contribution >= 0.6 is 0 Å². The van der Waals surface area contributed by atoms with Crippen LogP contribution in [0.2, 0.25) is 0 Å². The van der Waals surface area contributed by atoms with E-state index in [0.29, 0.717) is 24.3 Å². The number of para-hydroxylation sites is 1. The number of rotatable bonds is 0. The molecule has 2 aromatic carbocycles. The molecule has 3 nitrogen and oxygen atoms in total. The van der Waals surface area contributed by atoms with Crippen LogP contribution in [0.1, 0.15) is 16.8 Å². The standard InChI is InChI=1S/C15H10O3/c16-12-5-6-17-14-7-10-9-3-1-2-4-13(9)18-15(10)8-11(12)14/h1-4,7-8H,5-6H2. The molecule has 18 heavy (non-hydrogen) atoms. The van der Waals surface area contributed by atoms with E-state index in [2.05, 4.69) is 0 Å². The first-order valence-electron chi connectivity index (χ1n) is 5.94. The number of ketones is 1. The van der Waals surface area contributed by atoms with Crippen LogP contribution in [0.15, 0.2) is 40.8 Å². The van der Waals surface area contributed by atoms with E-state index in [1.165, 1.54) is 0 Å². The van der Waals surface area contributed by atoms with E-state index >= 15 is 0 Å². The second kappa shape index (κ2) is 3.35. The van der Waals surface area contributed by atoms with Crippen molar-refractivity contribution in [1.29, 1.82) is 0 Å². The second-order valence-corrected chi connectivity index (χ2v) is 4.46. The van der Waals surface area contributed by atoms with E-state index < -0.39 is 0 Å². The number of carbonyl (C=O) groups is 1. The van der Waals surface area contributed by atoms with Gasteiger partial charge in [0, 0.05) is 17.2 Å². The fourth-order valence-corrected chi connectivity index (χ4v) is 2.48. The molecule has 0 radical (unpaired) electrons. The van der Waals surface area contributed by atoms with Crippen molar-refractivity contribution >= 4 is 27.7 Å². The summed E-state index contributed by atoms with van der Waals surface area (Å²) in [5, 5.41) is 2.05. The molecule has 0 fully saturated rings. The minimum atomic E-state index is 0.124. The highest BCUT2D eigenvalue weighted by Gasteiger charge is 2.21. The van der Waals surface area contributed by atoms with Gasteiger partial charge in [0.15, 0.2) is 5.78 Å². The Morgan fingerprint density at radius 3 is 2.83 bits per heavy atom. The predicted octanol–water partition coefficient (Wildman–Crippen LogP) is 3.55. The molecule has 0 bridgehead atoms.